The van der Waals surface area contributed by atoms with Crippen LogP contribution >= 0.6 is 0 Å². The third-order valence-corrected chi connectivity index (χ3v) is 2.61. The number of esters is 2. The van der Waals surface area contributed by atoms with Gasteiger partial charge in [0.1, 0.15) is 5.60 Å². The van der Waals surface area contributed by atoms with Crippen molar-refractivity contribution in [3.63, 3.8) is 0 Å². The number of carboxylic acid groups (broad SMARTS) is 1. The second-order valence-corrected chi connectivity index (χ2v) is 6.43. The van der Waals surface area contributed by atoms with Crippen LogP contribution in [0.5, 0.6) is 0 Å². The van der Waals surface area contributed by atoms with Crippen LogP contribution < -0.4 is 0 Å². The molecule has 1 saturated heterocycles. The Balaban J connectivity index is 2.87. The lowest BCUT2D eigenvalue weighted by molar-refractivity contribution is -0.180. The van der Waals surface area contributed by atoms with Gasteiger partial charge in [0.15, 0.2) is 24.1 Å². The monoisotopic (exact) mass is 318 g/mol. The molecule has 0 aromatic heterocycles. The lowest BCUT2D eigenvalue weighted by Gasteiger charge is -2.23. The van der Waals surface area contributed by atoms with Gasteiger partial charge in [-0.3, -0.25) is 0 Å². The molecular weight excluding hydrogens is 296 g/mol. The van der Waals surface area contributed by atoms with Crippen LogP contribution in [0.25, 0.3) is 0 Å². The molecule has 1 unspecified atom stereocenters. The van der Waals surface area contributed by atoms with E-state index >= 15 is 0 Å². The predicted octanol–water partition coefficient (Wildman–Crippen LogP) is 0.864. The SMILES string of the molecule is CC(OC(=O)[C@@H]1OC(C)(C)O[C@H]1C(=O)OC(C)(C)C)C(=O)O. The molecule has 0 aromatic rings. The van der Waals surface area contributed by atoms with Gasteiger partial charge in [-0.05, 0) is 41.5 Å². The van der Waals surface area contributed by atoms with E-state index in [1.54, 1.807) is 20.8 Å². The summed E-state index contributed by atoms with van der Waals surface area (Å²) in [5, 5.41) is 8.76. The largest absolute Gasteiger partial charge is 0.479 e. The van der Waals surface area contributed by atoms with Crippen LogP contribution in [0.1, 0.15) is 41.5 Å². The zero-order valence-electron chi connectivity index (χ0n) is 13.5. The van der Waals surface area contributed by atoms with Crippen LogP contribution in [0.2, 0.25) is 0 Å². The summed E-state index contributed by atoms with van der Waals surface area (Å²) < 4.78 is 20.7. The summed E-state index contributed by atoms with van der Waals surface area (Å²) in [6.07, 6.45) is -4.06. The van der Waals surface area contributed by atoms with E-state index < -0.39 is 47.6 Å². The molecule has 1 rings (SSSR count). The summed E-state index contributed by atoms with van der Waals surface area (Å²) in [5.41, 5.74) is -0.768. The minimum absolute atomic E-state index is 0.768. The molecule has 8 heteroatoms. The summed E-state index contributed by atoms with van der Waals surface area (Å²) >= 11 is 0. The molecule has 0 amide bonds. The Labute approximate surface area is 128 Å². The van der Waals surface area contributed by atoms with Crippen LogP contribution in [-0.2, 0) is 33.3 Å². The summed E-state index contributed by atoms with van der Waals surface area (Å²) in [4.78, 5) is 34.9. The van der Waals surface area contributed by atoms with Gasteiger partial charge in [-0.25, -0.2) is 14.4 Å². The highest BCUT2D eigenvalue weighted by atomic mass is 16.8. The number of aliphatic carboxylic acids is 1. The molecule has 8 nitrogen and oxygen atoms in total. The fraction of sp³-hybridized carbons (Fsp3) is 0.786. The summed E-state index contributed by atoms with van der Waals surface area (Å²) in [7, 11) is 0. The van der Waals surface area contributed by atoms with E-state index in [0.29, 0.717) is 0 Å². The Morgan fingerprint density at radius 1 is 1.09 bits per heavy atom. The average Bonchev–Trinajstić information content (AvgIpc) is 2.63. The van der Waals surface area contributed by atoms with Crippen LogP contribution in [-0.4, -0.2) is 52.7 Å². The van der Waals surface area contributed by atoms with Crippen molar-refractivity contribution >= 4 is 17.9 Å². The van der Waals surface area contributed by atoms with Crippen LogP contribution in [0, 0.1) is 0 Å². The maximum absolute atomic E-state index is 12.1. The Kier molecular flexibility index (Phi) is 5.19. The molecule has 0 spiro atoms. The standard InChI is InChI=1S/C14H22O8/c1-7(10(15)16)19-11(17)8-9(21-14(5,6)20-8)12(18)22-13(2,3)4/h7-9H,1-6H3,(H,15,16)/t7?,8-,9-/m1/s1. The number of carboxylic acids is 1. The fourth-order valence-electron chi connectivity index (χ4n) is 1.76. The Bertz CT molecular complexity index is 462. The number of ether oxygens (including phenoxy) is 4. The highest BCUT2D eigenvalue weighted by molar-refractivity contribution is 5.87. The molecular formula is C14H22O8. The van der Waals surface area contributed by atoms with Crippen molar-refractivity contribution in [3.05, 3.63) is 0 Å². The molecule has 3 atom stereocenters. The highest BCUT2D eigenvalue weighted by Gasteiger charge is 2.51. The van der Waals surface area contributed by atoms with E-state index in [2.05, 4.69) is 0 Å². The summed E-state index contributed by atoms with van der Waals surface area (Å²) in [6.45, 7) is 9.27. The molecule has 1 heterocycles. The van der Waals surface area contributed by atoms with Gasteiger partial charge in [0.05, 0.1) is 0 Å². The average molecular weight is 318 g/mol. The van der Waals surface area contributed by atoms with E-state index in [1.165, 1.54) is 20.8 Å². The Morgan fingerprint density at radius 3 is 1.95 bits per heavy atom. The zero-order valence-corrected chi connectivity index (χ0v) is 13.5. The normalized spacial score (nSPS) is 25.4. The van der Waals surface area contributed by atoms with Crippen molar-refractivity contribution in [2.45, 2.75) is 71.2 Å². The van der Waals surface area contributed by atoms with Gasteiger partial charge < -0.3 is 24.1 Å². The molecule has 0 aliphatic carbocycles. The quantitative estimate of drug-likeness (QED) is 0.760. The van der Waals surface area contributed by atoms with Gasteiger partial charge in [0.25, 0.3) is 0 Å². The maximum atomic E-state index is 12.1. The lowest BCUT2D eigenvalue weighted by Crippen LogP contribution is -2.43. The van der Waals surface area contributed by atoms with Crippen molar-refractivity contribution in [2.75, 3.05) is 0 Å². The van der Waals surface area contributed by atoms with Crippen molar-refractivity contribution < 1.29 is 38.4 Å². The van der Waals surface area contributed by atoms with E-state index in [1.807, 2.05) is 0 Å². The predicted molar refractivity (Wildman–Crippen MR) is 72.9 cm³/mol. The first-order chi connectivity index (χ1) is 9.82. The van der Waals surface area contributed by atoms with Gasteiger partial charge in [0.2, 0.25) is 0 Å². The topological polar surface area (TPSA) is 108 Å². The van der Waals surface area contributed by atoms with E-state index in [0.717, 1.165) is 0 Å². The number of hydrogen-bond acceptors (Lipinski definition) is 7. The summed E-state index contributed by atoms with van der Waals surface area (Å²) in [5.74, 6) is -4.27. The minimum Gasteiger partial charge on any atom is -0.479 e. The Morgan fingerprint density at radius 2 is 1.55 bits per heavy atom. The summed E-state index contributed by atoms with van der Waals surface area (Å²) in [6, 6.07) is 0. The zero-order chi connectivity index (χ0) is 17.3. The maximum Gasteiger partial charge on any atom is 0.344 e. The molecule has 1 fully saturated rings. The molecule has 22 heavy (non-hydrogen) atoms. The molecule has 1 N–H and O–H groups in total. The van der Waals surface area contributed by atoms with Gasteiger partial charge in [-0.15, -0.1) is 0 Å². The first kappa shape index (κ1) is 18.4. The number of carbonyl (C=O) groups excluding carboxylic acids is 2. The second-order valence-electron chi connectivity index (χ2n) is 6.43. The lowest BCUT2D eigenvalue weighted by atomic mass is 10.1. The smallest absolute Gasteiger partial charge is 0.344 e. The highest BCUT2D eigenvalue weighted by Crippen LogP contribution is 2.30. The first-order valence-corrected chi connectivity index (χ1v) is 6.84. The Hall–Kier alpha value is -1.67. The van der Waals surface area contributed by atoms with Crippen molar-refractivity contribution in [3.8, 4) is 0 Å². The van der Waals surface area contributed by atoms with E-state index in [9.17, 15) is 14.4 Å². The van der Waals surface area contributed by atoms with Gasteiger partial charge in [0, 0.05) is 0 Å². The van der Waals surface area contributed by atoms with Crippen molar-refractivity contribution in [1.29, 1.82) is 0 Å². The number of hydrogen-bond donors (Lipinski definition) is 1. The molecule has 126 valence electrons. The van der Waals surface area contributed by atoms with Crippen molar-refractivity contribution in [1.82, 2.24) is 0 Å². The first-order valence-electron chi connectivity index (χ1n) is 6.84. The molecule has 0 radical (unpaired) electrons. The van der Waals surface area contributed by atoms with Crippen LogP contribution in [0.3, 0.4) is 0 Å². The molecule has 0 bridgehead atoms. The van der Waals surface area contributed by atoms with Gasteiger partial charge in [-0.2, -0.15) is 0 Å². The second kappa shape index (κ2) is 6.21. The van der Waals surface area contributed by atoms with Gasteiger partial charge >= 0.3 is 17.9 Å². The van der Waals surface area contributed by atoms with Crippen LogP contribution in [0.15, 0.2) is 0 Å². The minimum atomic E-state index is -1.38. The molecule has 0 aromatic carbocycles. The fourth-order valence-corrected chi connectivity index (χ4v) is 1.76. The third-order valence-electron chi connectivity index (χ3n) is 2.61. The van der Waals surface area contributed by atoms with E-state index in [4.69, 9.17) is 24.1 Å². The van der Waals surface area contributed by atoms with E-state index in [-0.39, 0.29) is 0 Å². The van der Waals surface area contributed by atoms with Crippen LogP contribution in [0.4, 0.5) is 0 Å². The molecule has 1 aliphatic heterocycles. The molecule has 0 saturated carbocycles. The number of rotatable bonds is 4. The van der Waals surface area contributed by atoms with Crippen molar-refractivity contribution in [2.24, 2.45) is 0 Å². The number of carbonyl (C=O) groups is 3. The molecule has 1 aliphatic rings. The van der Waals surface area contributed by atoms with Gasteiger partial charge in [-0.1, -0.05) is 0 Å². The third kappa shape index (κ3) is 4.96.